The fourth-order valence-electron chi connectivity index (χ4n) is 1.64. The lowest BCUT2D eigenvalue weighted by Crippen LogP contribution is -2.54. The van der Waals surface area contributed by atoms with Crippen molar-refractivity contribution in [1.29, 1.82) is 0 Å². The minimum Gasteiger partial charge on any atom is -0.480 e. The summed E-state index contributed by atoms with van der Waals surface area (Å²) < 4.78 is 0. The largest absolute Gasteiger partial charge is 0.480 e. The van der Waals surface area contributed by atoms with Crippen LogP contribution >= 0.6 is 0 Å². The van der Waals surface area contributed by atoms with Crippen LogP contribution in [0.4, 0.5) is 0 Å². The van der Waals surface area contributed by atoms with Gasteiger partial charge in [0, 0.05) is 26.2 Å². The number of carboxylic acids is 1. The molecule has 1 heterocycles. The molecular formula is C9H17N3O3. The third-order valence-electron chi connectivity index (χ3n) is 2.75. The molecule has 0 aliphatic carbocycles. The fraction of sp³-hybridized carbons (Fsp3) is 0.778. The maximum Gasteiger partial charge on any atom is 0.320 e. The van der Waals surface area contributed by atoms with Crippen molar-refractivity contribution in [2.75, 3.05) is 32.7 Å². The lowest BCUT2D eigenvalue weighted by Gasteiger charge is -2.36. The lowest BCUT2D eigenvalue weighted by molar-refractivity contribution is -0.143. The van der Waals surface area contributed by atoms with Gasteiger partial charge in [-0.3, -0.25) is 14.5 Å². The molecule has 0 aromatic rings. The molecule has 1 saturated heterocycles. The molecule has 15 heavy (non-hydrogen) atoms. The van der Waals surface area contributed by atoms with Crippen LogP contribution in [0.15, 0.2) is 0 Å². The number of aliphatic carboxylic acids is 1. The molecule has 1 fully saturated rings. The van der Waals surface area contributed by atoms with Crippen LogP contribution < -0.4 is 5.73 Å². The van der Waals surface area contributed by atoms with E-state index in [0.29, 0.717) is 26.2 Å². The van der Waals surface area contributed by atoms with E-state index in [1.165, 1.54) is 0 Å². The predicted octanol–water partition coefficient (Wildman–Crippen LogP) is -1.44. The summed E-state index contributed by atoms with van der Waals surface area (Å²) in [6.45, 7) is 4.00. The van der Waals surface area contributed by atoms with Gasteiger partial charge in [-0.15, -0.1) is 0 Å². The first-order valence-corrected chi connectivity index (χ1v) is 5.01. The van der Waals surface area contributed by atoms with E-state index in [1.54, 1.807) is 11.8 Å². The van der Waals surface area contributed by atoms with Crippen molar-refractivity contribution in [2.45, 2.75) is 13.0 Å². The van der Waals surface area contributed by atoms with Gasteiger partial charge in [-0.25, -0.2) is 0 Å². The van der Waals surface area contributed by atoms with Crippen LogP contribution in [0.25, 0.3) is 0 Å². The summed E-state index contributed by atoms with van der Waals surface area (Å²) in [6, 6.07) is -0.486. The van der Waals surface area contributed by atoms with Gasteiger partial charge in [-0.05, 0) is 6.92 Å². The number of carbonyl (C=O) groups is 2. The van der Waals surface area contributed by atoms with E-state index < -0.39 is 12.0 Å². The average Bonchev–Trinajstić information content (AvgIpc) is 2.27. The normalized spacial score (nSPS) is 20.0. The van der Waals surface area contributed by atoms with E-state index in [-0.39, 0.29) is 12.5 Å². The first-order valence-electron chi connectivity index (χ1n) is 5.01. The number of rotatable bonds is 3. The molecule has 0 radical (unpaired) electrons. The summed E-state index contributed by atoms with van der Waals surface area (Å²) in [4.78, 5) is 25.5. The number of hydrogen-bond acceptors (Lipinski definition) is 4. The second kappa shape index (κ2) is 5.09. The number of nitrogens with zero attached hydrogens (tertiary/aromatic N) is 2. The Labute approximate surface area is 88.6 Å². The van der Waals surface area contributed by atoms with Crippen LogP contribution in [0.5, 0.6) is 0 Å². The summed E-state index contributed by atoms with van der Waals surface area (Å²) in [7, 11) is 0. The van der Waals surface area contributed by atoms with Crippen molar-refractivity contribution < 1.29 is 14.7 Å². The predicted molar refractivity (Wildman–Crippen MR) is 54.3 cm³/mol. The van der Waals surface area contributed by atoms with Gasteiger partial charge in [0.15, 0.2) is 0 Å². The first kappa shape index (κ1) is 11.9. The van der Waals surface area contributed by atoms with Gasteiger partial charge in [0.1, 0.15) is 6.04 Å². The molecule has 3 N–H and O–H groups in total. The van der Waals surface area contributed by atoms with E-state index in [9.17, 15) is 9.59 Å². The van der Waals surface area contributed by atoms with Crippen molar-refractivity contribution in [3.05, 3.63) is 0 Å². The van der Waals surface area contributed by atoms with E-state index in [1.807, 2.05) is 4.90 Å². The van der Waals surface area contributed by atoms with Crippen molar-refractivity contribution >= 4 is 11.9 Å². The van der Waals surface area contributed by atoms with Crippen molar-refractivity contribution in [2.24, 2.45) is 5.73 Å². The highest BCUT2D eigenvalue weighted by atomic mass is 16.4. The number of carbonyl (C=O) groups excluding carboxylic acids is 1. The average molecular weight is 215 g/mol. The van der Waals surface area contributed by atoms with E-state index in [4.69, 9.17) is 10.8 Å². The van der Waals surface area contributed by atoms with Crippen LogP contribution in [0.1, 0.15) is 6.92 Å². The molecule has 0 aromatic carbocycles. The highest BCUT2D eigenvalue weighted by Crippen LogP contribution is 2.06. The standard InChI is InChI=1S/C9H17N3O3/c1-7(9(14)15)11-2-4-12(5-3-11)8(13)6-10/h7H,2-6,10H2,1H3,(H,14,15). The topological polar surface area (TPSA) is 86.9 Å². The van der Waals surface area contributed by atoms with Gasteiger partial charge in [0.05, 0.1) is 6.54 Å². The van der Waals surface area contributed by atoms with Gasteiger partial charge in [-0.1, -0.05) is 0 Å². The summed E-state index contributed by atoms with van der Waals surface area (Å²) in [5, 5.41) is 8.81. The van der Waals surface area contributed by atoms with Gasteiger partial charge in [0.2, 0.25) is 5.91 Å². The Hall–Kier alpha value is -1.14. The molecular weight excluding hydrogens is 198 g/mol. The molecule has 1 aliphatic rings. The first-order chi connectivity index (χ1) is 7.06. The van der Waals surface area contributed by atoms with E-state index >= 15 is 0 Å². The van der Waals surface area contributed by atoms with Crippen LogP contribution in [0, 0.1) is 0 Å². The van der Waals surface area contributed by atoms with Gasteiger partial charge >= 0.3 is 5.97 Å². The second-order valence-electron chi connectivity index (χ2n) is 3.64. The van der Waals surface area contributed by atoms with Crippen molar-refractivity contribution in [3.8, 4) is 0 Å². The summed E-state index contributed by atoms with van der Waals surface area (Å²) in [5.74, 6) is -0.897. The molecule has 1 unspecified atom stereocenters. The van der Waals surface area contributed by atoms with Crippen molar-refractivity contribution in [1.82, 2.24) is 9.80 Å². The van der Waals surface area contributed by atoms with Gasteiger partial charge < -0.3 is 15.7 Å². The van der Waals surface area contributed by atoms with Crippen LogP contribution in [0.2, 0.25) is 0 Å². The monoisotopic (exact) mass is 215 g/mol. The Kier molecular flexibility index (Phi) is 4.05. The lowest BCUT2D eigenvalue weighted by atomic mass is 10.2. The molecule has 86 valence electrons. The molecule has 1 aliphatic heterocycles. The summed E-state index contributed by atoms with van der Waals surface area (Å²) in [6.07, 6.45) is 0. The van der Waals surface area contributed by atoms with Gasteiger partial charge in [0.25, 0.3) is 0 Å². The number of nitrogens with two attached hydrogens (primary N) is 1. The summed E-state index contributed by atoms with van der Waals surface area (Å²) in [5.41, 5.74) is 5.25. The molecule has 0 aromatic heterocycles. The Balaban J connectivity index is 2.42. The Bertz CT molecular complexity index is 249. The highest BCUT2D eigenvalue weighted by Gasteiger charge is 2.26. The Morgan fingerprint density at radius 2 is 1.87 bits per heavy atom. The van der Waals surface area contributed by atoms with Crippen LogP contribution in [-0.2, 0) is 9.59 Å². The zero-order valence-corrected chi connectivity index (χ0v) is 8.85. The number of amides is 1. The quantitative estimate of drug-likeness (QED) is 0.602. The fourth-order valence-corrected chi connectivity index (χ4v) is 1.64. The second-order valence-corrected chi connectivity index (χ2v) is 3.64. The molecule has 0 spiro atoms. The molecule has 6 heteroatoms. The number of hydrogen-bond donors (Lipinski definition) is 2. The van der Waals surface area contributed by atoms with Crippen LogP contribution in [-0.4, -0.2) is 65.5 Å². The molecule has 0 saturated carbocycles. The van der Waals surface area contributed by atoms with Gasteiger partial charge in [-0.2, -0.15) is 0 Å². The molecule has 0 bridgehead atoms. The third kappa shape index (κ3) is 2.90. The summed E-state index contributed by atoms with van der Waals surface area (Å²) >= 11 is 0. The third-order valence-corrected chi connectivity index (χ3v) is 2.75. The number of piperazine rings is 1. The highest BCUT2D eigenvalue weighted by molar-refractivity contribution is 5.78. The minimum absolute atomic E-state index is 0.0223. The molecule has 1 atom stereocenters. The molecule has 1 amide bonds. The minimum atomic E-state index is -0.825. The Morgan fingerprint density at radius 1 is 1.33 bits per heavy atom. The number of carboxylic acid groups (broad SMARTS) is 1. The maximum atomic E-state index is 11.2. The molecule has 6 nitrogen and oxygen atoms in total. The molecule has 1 rings (SSSR count). The van der Waals surface area contributed by atoms with E-state index in [2.05, 4.69) is 0 Å². The van der Waals surface area contributed by atoms with Crippen LogP contribution in [0.3, 0.4) is 0 Å². The SMILES string of the molecule is CC(C(=O)O)N1CCN(C(=O)CN)CC1. The smallest absolute Gasteiger partial charge is 0.320 e. The Morgan fingerprint density at radius 3 is 2.27 bits per heavy atom. The zero-order valence-electron chi connectivity index (χ0n) is 8.85. The zero-order chi connectivity index (χ0) is 11.4. The maximum absolute atomic E-state index is 11.2. The van der Waals surface area contributed by atoms with Crippen molar-refractivity contribution in [3.63, 3.8) is 0 Å². The van der Waals surface area contributed by atoms with E-state index in [0.717, 1.165) is 0 Å².